The number of halogens is 1. The number of carbonyl (C=O) groups is 2. The standard InChI is InChI=1S/C18H15FN4O3S/c19-11-4-1-5-12(10-11)23-16(14-7-3-9-27-14)20-15(21-23)17(24)22-8-2-6-13(22)18(25)26/h1,3-5,7,9-10,13H,2,6,8H2,(H,25,26). The van der Waals surface area contributed by atoms with Crippen molar-refractivity contribution in [3.05, 3.63) is 53.4 Å². The lowest BCUT2D eigenvalue weighted by molar-refractivity contribution is -0.141. The Morgan fingerprint density at radius 3 is 2.81 bits per heavy atom. The SMILES string of the molecule is O=C(O)C1CCCN1C(=O)c1nc(-c2cccs2)n(-c2cccc(F)c2)n1. The predicted molar refractivity (Wildman–Crippen MR) is 96.3 cm³/mol. The molecule has 1 fully saturated rings. The highest BCUT2D eigenvalue weighted by molar-refractivity contribution is 7.13. The average Bonchev–Trinajstić information content (AvgIpc) is 3.40. The van der Waals surface area contributed by atoms with E-state index in [-0.39, 0.29) is 5.82 Å². The number of aromatic nitrogens is 3. The molecule has 0 saturated carbocycles. The molecule has 2 aromatic heterocycles. The summed E-state index contributed by atoms with van der Waals surface area (Å²) in [6.07, 6.45) is 1.02. The number of hydrogen-bond acceptors (Lipinski definition) is 5. The summed E-state index contributed by atoms with van der Waals surface area (Å²) in [4.78, 5) is 30.6. The molecule has 9 heteroatoms. The third-order valence-corrected chi connectivity index (χ3v) is 5.26. The lowest BCUT2D eigenvalue weighted by Crippen LogP contribution is -2.40. The fourth-order valence-corrected chi connectivity index (χ4v) is 3.85. The number of thiophene rings is 1. The maximum absolute atomic E-state index is 13.7. The summed E-state index contributed by atoms with van der Waals surface area (Å²) >= 11 is 1.42. The van der Waals surface area contributed by atoms with Crippen LogP contribution in [0.25, 0.3) is 16.4 Å². The van der Waals surface area contributed by atoms with Gasteiger partial charge in [-0.3, -0.25) is 4.79 Å². The number of hydrogen-bond donors (Lipinski definition) is 1. The first-order valence-corrected chi connectivity index (χ1v) is 9.23. The molecule has 27 heavy (non-hydrogen) atoms. The van der Waals surface area contributed by atoms with Gasteiger partial charge in [0, 0.05) is 6.54 Å². The molecule has 0 radical (unpaired) electrons. The van der Waals surface area contributed by atoms with Crippen molar-refractivity contribution in [1.82, 2.24) is 19.7 Å². The summed E-state index contributed by atoms with van der Waals surface area (Å²) < 4.78 is 15.1. The summed E-state index contributed by atoms with van der Waals surface area (Å²) in [6, 6.07) is 8.63. The Hall–Kier alpha value is -3.07. The molecule has 3 heterocycles. The van der Waals surface area contributed by atoms with E-state index in [1.807, 2.05) is 17.5 Å². The van der Waals surface area contributed by atoms with Crippen molar-refractivity contribution >= 4 is 23.2 Å². The number of rotatable bonds is 4. The normalized spacial score (nSPS) is 16.6. The molecular weight excluding hydrogens is 371 g/mol. The first-order chi connectivity index (χ1) is 13.0. The number of likely N-dealkylation sites (tertiary alicyclic amines) is 1. The van der Waals surface area contributed by atoms with Crippen LogP contribution in [0.2, 0.25) is 0 Å². The van der Waals surface area contributed by atoms with Crippen LogP contribution in [0.1, 0.15) is 23.5 Å². The van der Waals surface area contributed by atoms with E-state index >= 15 is 0 Å². The molecule has 4 rings (SSSR count). The number of benzene rings is 1. The molecule has 1 aromatic carbocycles. The smallest absolute Gasteiger partial charge is 0.326 e. The van der Waals surface area contributed by atoms with Crippen LogP contribution in [0, 0.1) is 5.82 Å². The zero-order chi connectivity index (χ0) is 19.0. The molecule has 1 saturated heterocycles. The van der Waals surface area contributed by atoms with Crippen molar-refractivity contribution in [3.8, 4) is 16.4 Å². The Morgan fingerprint density at radius 2 is 2.11 bits per heavy atom. The fraction of sp³-hybridized carbons (Fsp3) is 0.222. The van der Waals surface area contributed by atoms with Crippen molar-refractivity contribution in [2.45, 2.75) is 18.9 Å². The Bertz CT molecular complexity index is 1000. The second-order valence-corrected chi connectivity index (χ2v) is 7.07. The van der Waals surface area contributed by atoms with Gasteiger partial charge in [-0.05, 0) is 42.5 Å². The molecule has 1 N–H and O–H groups in total. The molecule has 1 unspecified atom stereocenters. The summed E-state index contributed by atoms with van der Waals surface area (Å²) in [5, 5.41) is 15.5. The maximum atomic E-state index is 13.7. The summed E-state index contributed by atoms with van der Waals surface area (Å²) in [6.45, 7) is 0.346. The Balaban J connectivity index is 1.78. The van der Waals surface area contributed by atoms with Gasteiger partial charge in [-0.2, -0.15) is 0 Å². The molecule has 1 atom stereocenters. The Morgan fingerprint density at radius 1 is 1.26 bits per heavy atom. The van der Waals surface area contributed by atoms with E-state index in [4.69, 9.17) is 0 Å². The summed E-state index contributed by atoms with van der Waals surface area (Å²) in [5.41, 5.74) is 0.432. The molecule has 3 aromatic rings. The lowest BCUT2D eigenvalue weighted by atomic mass is 10.2. The van der Waals surface area contributed by atoms with E-state index < -0.39 is 23.7 Å². The van der Waals surface area contributed by atoms with E-state index in [2.05, 4.69) is 10.1 Å². The van der Waals surface area contributed by atoms with Crippen molar-refractivity contribution < 1.29 is 19.1 Å². The lowest BCUT2D eigenvalue weighted by Gasteiger charge is -2.19. The van der Waals surface area contributed by atoms with Crippen molar-refractivity contribution in [2.75, 3.05) is 6.54 Å². The maximum Gasteiger partial charge on any atom is 0.326 e. The molecular formula is C18H15FN4O3S. The minimum atomic E-state index is -1.04. The zero-order valence-electron chi connectivity index (χ0n) is 14.1. The number of amides is 1. The highest BCUT2D eigenvalue weighted by Crippen LogP contribution is 2.27. The number of carbonyl (C=O) groups excluding carboxylic acids is 1. The third-order valence-electron chi connectivity index (χ3n) is 4.39. The number of nitrogens with zero attached hydrogens (tertiary/aromatic N) is 4. The highest BCUT2D eigenvalue weighted by Gasteiger charge is 2.36. The molecule has 1 aliphatic rings. The minimum absolute atomic E-state index is 0.101. The minimum Gasteiger partial charge on any atom is -0.480 e. The Labute approximate surface area is 157 Å². The van der Waals surface area contributed by atoms with Crippen LogP contribution in [0.3, 0.4) is 0 Å². The van der Waals surface area contributed by atoms with Gasteiger partial charge in [-0.15, -0.1) is 16.4 Å². The molecule has 0 bridgehead atoms. The summed E-state index contributed by atoms with van der Waals surface area (Å²) in [5.74, 6) is -1.70. The largest absolute Gasteiger partial charge is 0.480 e. The van der Waals surface area contributed by atoms with Crippen LogP contribution in [0.4, 0.5) is 4.39 Å². The predicted octanol–water partition coefficient (Wildman–Crippen LogP) is 2.82. The highest BCUT2D eigenvalue weighted by atomic mass is 32.1. The molecule has 1 aliphatic heterocycles. The van der Waals surface area contributed by atoms with E-state index in [0.29, 0.717) is 30.9 Å². The molecule has 7 nitrogen and oxygen atoms in total. The summed E-state index contributed by atoms with van der Waals surface area (Å²) in [7, 11) is 0. The van der Waals surface area contributed by atoms with Crippen molar-refractivity contribution in [2.24, 2.45) is 0 Å². The number of aliphatic carboxylic acids is 1. The van der Waals surface area contributed by atoms with Crippen LogP contribution in [0.15, 0.2) is 41.8 Å². The van der Waals surface area contributed by atoms with Gasteiger partial charge in [0.2, 0.25) is 5.82 Å². The first-order valence-electron chi connectivity index (χ1n) is 8.35. The van der Waals surface area contributed by atoms with Gasteiger partial charge in [0.05, 0.1) is 10.6 Å². The van der Waals surface area contributed by atoms with Crippen LogP contribution < -0.4 is 0 Å². The van der Waals surface area contributed by atoms with Crippen LogP contribution in [-0.2, 0) is 4.79 Å². The monoisotopic (exact) mass is 386 g/mol. The molecule has 138 valence electrons. The van der Waals surface area contributed by atoms with Gasteiger partial charge in [0.25, 0.3) is 5.91 Å². The van der Waals surface area contributed by atoms with Crippen LogP contribution >= 0.6 is 11.3 Å². The quantitative estimate of drug-likeness (QED) is 0.745. The van der Waals surface area contributed by atoms with Crippen molar-refractivity contribution in [1.29, 1.82) is 0 Å². The van der Waals surface area contributed by atoms with Crippen molar-refractivity contribution in [3.63, 3.8) is 0 Å². The number of carboxylic acids is 1. The van der Waals surface area contributed by atoms with Gasteiger partial charge in [0.1, 0.15) is 11.9 Å². The van der Waals surface area contributed by atoms with E-state index in [1.165, 1.54) is 33.1 Å². The van der Waals surface area contributed by atoms with Gasteiger partial charge >= 0.3 is 5.97 Å². The van der Waals surface area contributed by atoms with Gasteiger partial charge < -0.3 is 10.0 Å². The van der Waals surface area contributed by atoms with Crippen LogP contribution in [-0.4, -0.2) is 49.2 Å². The Kier molecular flexibility index (Phi) is 4.44. The molecule has 0 spiro atoms. The first kappa shape index (κ1) is 17.3. The second-order valence-electron chi connectivity index (χ2n) is 6.12. The van der Waals surface area contributed by atoms with E-state index in [0.717, 1.165) is 4.88 Å². The van der Waals surface area contributed by atoms with E-state index in [1.54, 1.807) is 12.1 Å². The average molecular weight is 386 g/mol. The third kappa shape index (κ3) is 3.21. The van der Waals surface area contributed by atoms with Gasteiger partial charge in [-0.1, -0.05) is 12.1 Å². The van der Waals surface area contributed by atoms with Gasteiger partial charge in [0.15, 0.2) is 5.82 Å². The number of carboxylic acid groups (broad SMARTS) is 1. The second kappa shape index (κ2) is 6.92. The van der Waals surface area contributed by atoms with Crippen LogP contribution in [0.5, 0.6) is 0 Å². The fourth-order valence-electron chi connectivity index (χ4n) is 3.15. The molecule has 0 aliphatic carbocycles. The molecule has 1 amide bonds. The zero-order valence-corrected chi connectivity index (χ0v) is 14.9. The topological polar surface area (TPSA) is 88.3 Å². The van der Waals surface area contributed by atoms with Gasteiger partial charge in [-0.25, -0.2) is 18.9 Å². The van der Waals surface area contributed by atoms with E-state index in [9.17, 15) is 19.1 Å².